The van der Waals surface area contributed by atoms with E-state index in [-0.39, 0.29) is 17.0 Å². The van der Waals surface area contributed by atoms with Crippen molar-refractivity contribution in [1.82, 2.24) is 9.55 Å². The second-order valence-electron chi connectivity index (χ2n) is 4.74. The molecule has 3 nitrogen and oxygen atoms in total. The zero-order valence-electron chi connectivity index (χ0n) is 11.3. The molecule has 100 valence electrons. The second-order valence-corrected chi connectivity index (χ2v) is 4.74. The zero-order chi connectivity index (χ0) is 12.5. The van der Waals surface area contributed by atoms with E-state index in [9.17, 15) is 0 Å². The number of aromatic nitrogens is 2. The standard InChI is InChI=1S/C15H17N3.BrH/c1-16-15-13-9-5-7-11-6-3-4-8-12(11)14(13)17-10-18(15)2;/h3-4,6,8,10H,5,7,9H2,1-2H3;1H. The van der Waals surface area contributed by atoms with Gasteiger partial charge in [0.25, 0.3) is 0 Å². The molecule has 0 radical (unpaired) electrons. The van der Waals surface area contributed by atoms with E-state index in [1.807, 2.05) is 25.0 Å². The van der Waals surface area contributed by atoms with Crippen LogP contribution in [0.5, 0.6) is 0 Å². The molecule has 1 heterocycles. The van der Waals surface area contributed by atoms with Crippen LogP contribution in [0.25, 0.3) is 11.3 Å². The van der Waals surface area contributed by atoms with Gasteiger partial charge in [0.2, 0.25) is 0 Å². The fraction of sp³-hybridized carbons (Fsp3) is 0.333. The van der Waals surface area contributed by atoms with Crippen LogP contribution in [0.4, 0.5) is 0 Å². The third-order valence-corrected chi connectivity index (χ3v) is 3.61. The molecular weight excluding hydrogens is 302 g/mol. The highest BCUT2D eigenvalue weighted by molar-refractivity contribution is 8.93. The number of fused-ring (bicyclic) bond motifs is 3. The van der Waals surface area contributed by atoms with Gasteiger partial charge < -0.3 is 4.57 Å². The zero-order valence-corrected chi connectivity index (χ0v) is 13.0. The minimum absolute atomic E-state index is 0. The molecule has 0 bridgehead atoms. The lowest BCUT2D eigenvalue weighted by Crippen LogP contribution is -2.24. The lowest BCUT2D eigenvalue weighted by molar-refractivity contribution is 0.749. The summed E-state index contributed by atoms with van der Waals surface area (Å²) in [6.45, 7) is 0. The Kier molecular flexibility index (Phi) is 4.20. The first kappa shape index (κ1) is 14.0. The van der Waals surface area contributed by atoms with E-state index >= 15 is 0 Å². The highest BCUT2D eigenvalue weighted by atomic mass is 79.9. The molecule has 0 spiro atoms. The van der Waals surface area contributed by atoms with Gasteiger partial charge in [-0.25, -0.2) is 4.98 Å². The van der Waals surface area contributed by atoms with Gasteiger partial charge in [-0.15, -0.1) is 17.0 Å². The third-order valence-electron chi connectivity index (χ3n) is 3.61. The smallest absolute Gasteiger partial charge is 0.133 e. The summed E-state index contributed by atoms with van der Waals surface area (Å²) in [6.07, 6.45) is 5.21. The topological polar surface area (TPSA) is 30.2 Å². The fourth-order valence-corrected chi connectivity index (χ4v) is 2.78. The van der Waals surface area contributed by atoms with E-state index in [1.165, 1.54) is 16.7 Å². The van der Waals surface area contributed by atoms with Gasteiger partial charge in [0.05, 0.1) is 12.0 Å². The molecule has 0 aliphatic heterocycles. The molecule has 0 unspecified atom stereocenters. The van der Waals surface area contributed by atoms with Gasteiger partial charge in [-0.1, -0.05) is 24.3 Å². The SMILES string of the molecule is Br.CN=c1c2c(ncn1C)-c1ccccc1CCC2. The maximum Gasteiger partial charge on any atom is 0.133 e. The van der Waals surface area contributed by atoms with Crippen molar-refractivity contribution in [3.8, 4) is 11.3 Å². The van der Waals surface area contributed by atoms with E-state index in [0.717, 1.165) is 30.4 Å². The highest BCUT2D eigenvalue weighted by Crippen LogP contribution is 2.28. The Bertz CT molecular complexity index is 659. The van der Waals surface area contributed by atoms with Gasteiger partial charge in [0.15, 0.2) is 0 Å². The lowest BCUT2D eigenvalue weighted by Gasteiger charge is -2.10. The molecule has 19 heavy (non-hydrogen) atoms. The van der Waals surface area contributed by atoms with Crippen LogP contribution in [0.1, 0.15) is 17.5 Å². The van der Waals surface area contributed by atoms with Crippen molar-refractivity contribution < 1.29 is 0 Å². The van der Waals surface area contributed by atoms with Crippen molar-refractivity contribution in [2.75, 3.05) is 7.05 Å². The van der Waals surface area contributed by atoms with Crippen LogP contribution >= 0.6 is 17.0 Å². The van der Waals surface area contributed by atoms with Crippen molar-refractivity contribution in [2.45, 2.75) is 19.3 Å². The fourth-order valence-electron chi connectivity index (χ4n) is 2.78. The molecular formula is C15H18BrN3. The average Bonchev–Trinajstić information content (AvgIpc) is 2.58. The molecule has 2 aromatic rings. The van der Waals surface area contributed by atoms with Crippen molar-refractivity contribution >= 4 is 17.0 Å². The summed E-state index contributed by atoms with van der Waals surface area (Å²) in [4.78, 5) is 9.05. The first-order chi connectivity index (χ1) is 8.81. The number of hydrogen-bond donors (Lipinski definition) is 0. The Hall–Kier alpha value is -1.42. The van der Waals surface area contributed by atoms with Crippen LogP contribution in [0.3, 0.4) is 0 Å². The first-order valence-electron chi connectivity index (χ1n) is 6.37. The Morgan fingerprint density at radius 2 is 2.00 bits per heavy atom. The largest absolute Gasteiger partial charge is 0.320 e. The van der Waals surface area contributed by atoms with Crippen molar-refractivity contribution in [2.24, 2.45) is 12.0 Å². The Morgan fingerprint density at radius 3 is 2.79 bits per heavy atom. The van der Waals surface area contributed by atoms with E-state index in [4.69, 9.17) is 0 Å². The molecule has 4 heteroatoms. The predicted octanol–water partition coefficient (Wildman–Crippen LogP) is 2.68. The van der Waals surface area contributed by atoms with Gasteiger partial charge in [-0.3, -0.25) is 4.99 Å². The van der Waals surface area contributed by atoms with Crippen LogP contribution in [-0.2, 0) is 19.9 Å². The summed E-state index contributed by atoms with van der Waals surface area (Å²) < 4.78 is 2.01. The van der Waals surface area contributed by atoms with E-state index in [0.29, 0.717) is 0 Å². The minimum atomic E-state index is 0. The highest BCUT2D eigenvalue weighted by Gasteiger charge is 2.17. The second kappa shape index (κ2) is 5.70. The maximum atomic E-state index is 4.63. The molecule has 0 N–H and O–H groups in total. The van der Waals surface area contributed by atoms with E-state index in [2.05, 4.69) is 34.2 Å². The van der Waals surface area contributed by atoms with Crippen LogP contribution in [0, 0.1) is 0 Å². The van der Waals surface area contributed by atoms with Gasteiger partial charge in [-0.2, -0.15) is 0 Å². The predicted molar refractivity (Wildman–Crippen MR) is 82.5 cm³/mol. The van der Waals surface area contributed by atoms with Gasteiger partial charge in [0.1, 0.15) is 5.49 Å². The van der Waals surface area contributed by atoms with Crippen molar-refractivity contribution in [3.05, 3.63) is 47.2 Å². The molecule has 0 fully saturated rings. The quantitative estimate of drug-likeness (QED) is 0.734. The van der Waals surface area contributed by atoms with E-state index < -0.39 is 0 Å². The number of benzene rings is 1. The lowest BCUT2D eigenvalue weighted by atomic mass is 10.0. The Labute approximate surface area is 123 Å². The molecule has 1 aromatic carbocycles. The molecule has 3 rings (SSSR count). The van der Waals surface area contributed by atoms with Gasteiger partial charge in [0, 0.05) is 25.2 Å². The van der Waals surface area contributed by atoms with Crippen molar-refractivity contribution in [1.29, 1.82) is 0 Å². The number of nitrogens with zero attached hydrogens (tertiary/aromatic N) is 3. The number of aryl methyl sites for hydroxylation is 2. The first-order valence-corrected chi connectivity index (χ1v) is 6.37. The molecule has 0 saturated heterocycles. The molecule has 1 aliphatic rings. The summed E-state index contributed by atoms with van der Waals surface area (Å²) in [5.41, 5.74) is 6.13. The number of hydrogen-bond acceptors (Lipinski definition) is 2. The Balaban J connectivity index is 0.00000133. The third kappa shape index (κ3) is 2.37. The summed E-state index contributed by atoms with van der Waals surface area (Å²) in [7, 11) is 3.86. The molecule has 0 atom stereocenters. The van der Waals surface area contributed by atoms with Gasteiger partial charge >= 0.3 is 0 Å². The molecule has 0 amide bonds. The molecule has 1 aromatic heterocycles. The Morgan fingerprint density at radius 1 is 1.21 bits per heavy atom. The van der Waals surface area contributed by atoms with Crippen LogP contribution < -0.4 is 5.49 Å². The number of rotatable bonds is 0. The normalized spacial score (nSPS) is 14.1. The summed E-state index contributed by atoms with van der Waals surface area (Å²) in [6, 6.07) is 8.58. The average molecular weight is 320 g/mol. The molecule has 0 saturated carbocycles. The summed E-state index contributed by atoms with van der Waals surface area (Å²) in [5.74, 6) is 0. The van der Waals surface area contributed by atoms with Gasteiger partial charge in [-0.05, 0) is 24.8 Å². The van der Waals surface area contributed by atoms with Crippen LogP contribution in [0.15, 0.2) is 35.6 Å². The number of halogens is 1. The summed E-state index contributed by atoms with van der Waals surface area (Å²) >= 11 is 0. The minimum Gasteiger partial charge on any atom is -0.320 e. The van der Waals surface area contributed by atoms with Crippen LogP contribution in [0.2, 0.25) is 0 Å². The molecule has 1 aliphatic carbocycles. The maximum absolute atomic E-state index is 4.63. The monoisotopic (exact) mass is 319 g/mol. The van der Waals surface area contributed by atoms with E-state index in [1.54, 1.807) is 0 Å². The van der Waals surface area contributed by atoms with Crippen molar-refractivity contribution in [3.63, 3.8) is 0 Å². The van der Waals surface area contributed by atoms with Crippen LogP contribution in [-0.4, -0.2) is 16.6 Å². The summed E-state index contributed by atoms with van der Waals surface area (Å²) in [5, 5.41) is 0.